The monoisotopic (exact) mass is 354 g/mol. The first kappa shape index (κ1) is 19.2. The lowest BCUT2D eigenvalue weighted by Crippen LogP contribution is -2.49. The Kier molecular flexibility index (Phi) is 5.31. The van der Waals surface area contributed by atoms with E-state index >= 15 is 0 Å². The van der Waals surface area contributed by atoms with Gasteiger partial charge in [0.1, 0.15) is 5.60 Å². The highest BCUT2D eigenvalue weighted by atomic mass is 32.1. The predicted octanol–water partition coefficient (Wildman–Crippen LogP) is 3.75. The minimum atomic E-state index is -0.786. The molecule has 0 bridgehead atoms. The smallest absolute Gasteiger partial charge is 0.410 e. The van der Waals surface area contributed by atoms with Gasteiger partial charge in [-0.2, -0.15) is 0 Å². The molecule has 1 aromatic rings. The van der Waals surface area contributed by atoms with Crippen LogP contribution in [0.3, 0.4) is 0 Å². The van der Waals surface area contributed by atoms with E-state index in [0.29, 0.717) is 32.4 Å². The maximum absolute atomic E-state index is 12.1. The number of amides is 1. The molecule has 6 heteroatoms. The van der Waals surface area contributed by atoms with Crippen LogP contribution in [0, 0.1) is 0 Å². The lowest BCUT2D eigenvalue weighted by Gasteiger charge is -2.38. The minimum Gasteiger partial charge on any atom is -0.444 e. The Morgan fingerprint density at radius 1 is 1.29 bits per heavy atom. The molecule has 0 atom stereocenters. The number of ether oxygens (including phenoxy) is 1. The summed E-state index contributed by atoms with van der Waals surface area (Å²) in [5.74, 6) is 0. The standard InChI is InChI=1S/C18H30N2O3S/c1-16(2,3)13-12-24-14(19-13)11-18(22)7-9-20(10-8-18)15(21)23-17(4,5)6/h12,22H,7-11H2,1-6H3. The number of thiazole rings is 1. The first-order valence-corrected chi connectivity index (χ1v) is 9.41. The number of nitrogens with zero attached hydrogens (tertiary/aromatic N) is 2. The van der Waals surface area contributed by atoms with E-state index in [2.05, 4.69) is 31.1 Å². The van der Waals surface area contributed by atoms with Gasteiger partial charge >= 0.3 is 6.09 Å². The zero-order valence-corrected chi connectivity index (χ0v) is 16.5. The molecule has 1 saturated heterocycles. The molecular weight excluding hydrogens is 324 g/mol. The van der Waals surface area contributed by atoms with Gasteiger partial charge in [0.05, 0.1) is 16.3 Å². The molecule has 1 aromatic heterocycles. The van der Waals surface area contributed by atoms with Crippen molar-refractivity contribution in [2.45, 2.75) is 77.4 Å². The van der Waals surface area contributed by atoms with E-state index in [4.69, 9.17) is 4.74 Å². The zero-order chi connectivity index (χ0) is 18.2. The summed E-state index contributed by atoms with van der Waals surface area (Å²) in [5, 5.41) is 13.9. The molecular formula is C18H30N2O3S. The number of carbonyl (C=O) groups is 1. The second-order valence-corrected chi connectivity index (χ2v) is 9.69. The molecule has 0 aliphatic carbocycles. The van der Waals surface area contributed by atoms with Crippen molar-refractivity contribution in [1.29, 1.82) is 0 Å². The van der Waals surface area contributed by atoms with Gasteiger partial charge in [-0.05, 0) is 33.6 Å². The number of rotatable bonds is 2. The van der Waals surface area contributed by atoms with E-state index in [-0.39, 0.29) is 11.5 Å². The highest BCUT2D eigenvalue weighted by Gasteiger charge is 2.36. The van der Waals surface area contributed by atoms with Crippen LogP contribution in [0.15, 0.2) is 5.38 Å². The SMILES string of the molecule is CC(C)(C)OC(=O)N1CCC(O)(Cc2nc(C(C)(C)C)cs2)CC1. The van der Waals surface area contributed by atoms with Gasteiger partial charge in [-0.1, -0.05) is 20.8 Å². The van der Waals surface area contributed by atoms with Gasteiger partial charge in [0.2, 0.25) is 0 Å². The van der Waals surface area contributed by atoms with Crippen molar-refractivity contribution >= 4 is 17.4 Å². The van der Waals surface area contributed by atoms with Crippen molar-refractivity contribution in [3.8, 4) is 0 Å². The Morgan fingerprint density at radius 2 is 1.88 bits per heavy atom. The number of likely N-dealkylation sites (tertiary alicyclic amines) is 1. The molecule has 0 spiro atoms. The van der Waals surface area contributed by atoms with Crippen LogP contribution in [0.1, 0.15) is 65.1 Å². The fourth-order valence-corrected chi connectivity index (χ4v) is 3.78. The van der Waals surface area contributed by atoms with Crippen molar-refractivity contribution in [1.82, 2.24) is 9.88 Å². The summed E-state index contributed by atoms with van der Waals surface area (Å²) in [4.78, 5) is 18.5. The summed E-state index contributed by atoms with van der Waals surface area (Å²) in [5.41, 5.74) is -0.185. The van der Waals surface area contributed by atoms with Gasteiger partial charge in [-0.3, -0.25) is 0 Å². The molecule has 0 radical (unpaired) electrons. The topological polar surface area (TPSA) is 62.7 Å². The first-order valence-electron chi connectivity index (χ1n) is 8.53. The number of carbonyl (C=O) groups excluding carboxylic acids is 1. The summed E-state index contributed by atoms with van der Waals surface area (Å²) in [6.45, 7) is 13.0. The molecule has 1 fully saturated rings. The van der Waals surface area contributed by atoms with Crippen LogP contribution in [0.2, 0.25) is 0 Å². The normalized spacial score (nSPS) is 18.5. The Labute approximate surface area is 149 Å². The molecule has 1 amide bonds. The second kappa shape index (κ2) is 6.64. The minimum absolute atomic E-state index is 0.0252. The average Bonchev–Trinajstić information content (AvgIpc) is 2.85. The van der Waals surface area contributed by atoms with E-state index in [1.165, 1.54) is 0 Å². The van der Waals surface area contributed by atoms with E-state index in [1.807, 2.05) is 20.8 Å². The van der Waals surface area contributed by atoms with Gasteiger partial charge in [-0.15, -0.1) is 11.3 Å². The van der Waals surface area contributed by atoms with E-state index in [9.17, 15) is 9.90 Å². The Morgan fingerprint density at radius 3 is 2.33 bits per heavy atom. The summed E-state index contributed by atoms with van der Waals surface area (Å²) >= 11 is 1.61. The lowest BCUT2D eigenvalue weighted by molar-refractivity contribution is -0.0315. The molecule has 1 aliphatic rings. The first-order chi connectivity index (χ1) is 10.9. The van der Waals surface area contributed by atoms with Crippen LogP contribution in [0.25, 0.3) is 0 Å². The molecule has 5 nitrogen and oxygen atoms in total. The molecule has 24 heavy (non-hydrogen) atoms. The lowest BCUT2D eigenvalue weighted by atomic mass is 9.88. The van der Waals surface area contributed by atoms with Gasteiger partial charge in [0, 0.05) is 30.3 Å². The summed E-state index contributed by atoms with van der Waals surface area (Å²) in [6.07, 6.45) is 1.36. The second-order valence-electron chi connectivity index (χ2n) is 8.74. The Hall–Kier alpha value is -1.14. The quantitative estimate of drug-likeness (QED) is 0.879. The predicted molar refractivity (Wildman–Crippen MR) is 96.5 cm³/mol. The molecule has 2 heterocycles. The Bertz CT molecular complexity index is 576. The number of aromatic nitrogens is 1. The molecule has 0 saturated carbocycles. The summed E-state index contributed by atoms with van der Waals surface area (Å²) in [6, 6.07) is 0. The van der Waals surface area contributed by atoms with Crippen molar-refractivity contribution in [3.63, 3.8) is 0 Å². The average molecular weight is 355 g/mol. The van der Waals surface area contributed by atoms with Crippen LogP contribution in [0.4, 0.5) is 4.79 Å². The summed E-state index contributed by atoms with van der Waals surface area (Å²) in [7, 11) is 0. The van der Waals surface area contributed by atoms with Crippen molar-refractivity contribution in [2.24, 2.45) is 0 Å². The van der Waals surface area contributed by atoms with Crippen molar-refractivity contribution in [3.05, 3.63) is 16.1 Å². The maximum atomic E-state index is 12.1. The van der Waals surface area contributed by atoms with Gasteiger partial charge < -0.3 is 14.7 Å². The van der Waals surface area contributed by atoms with Gasteiger partial charge in [-0.25, -0.2) is 9.78 Å². The molecule has 1 N–H and O–H groups in total. The van der Waals surface area contributed by atoms with Crippen LogP contribution >= 0.6 is 11.3 Å². The number of hydrogen-bond acceptors (Lipinski definition) is 5. The maximum Gasteiger partial charge on any atom is 0.410 e. The molecule has 1 aliphatic heterocycles. The van der Waals surface area contributed by atoms with Crippen LogP contribution in [0.5, 0.6) is 0 Å². The molecule has 0 unspecified atom stereocenters. The van der Waals surface area contributed by atoms with Crippen LogP contribution in [-0.2, 0) is 16.6 Å². The van der Waals surface area contributed by atoms with Crippen molar-refractivity contribution < 1.29 is 14.6 Å². The number of aliphatic hydroxyl groups is 1. The van der Waals surface area contributed by atoms with E-state index in [1.54, 1.807) is 16.2 Å². The van der Waals surface area contributed by atoms with Crippen LogP contribution in [-0.4, -0.2) is 45.4 Å². The number of piperidine rings is 1. The third-order valence-corrected chi connectivity index (χ3v) is 5.00. The van der Waals surface area contributed by atoms with Crippen LogP contribution < -0.4 is 0 Å². The molecule has 0 aromatic carbocycles. The van der Waals surface area contributed by atoms with Gasteiger partial charge in [0.15, 0.2) is 0 Å². The zero-order valence-electron chi connectivity index (χ0n) is 15.7. The number of hydrogen-bond donors (Lipinski definition) is 1. The molecule has 136 valence electrons. The highest BCUT2D eigenvalue weighted by Crippen LogP contribution is 2.30. The fraction of sp³-hybridized carbons (Fsp3) is 0.778. The third-order valence-electron chi connectivity index (χ3n) is 4.15. The fourth-order valence-electron chi connectivity index (χ4n) is 2.63. The van der Waals surface area contributed by atoms with Crippen molar-refractivity contribution in [2.75, 3.05) is 13.1 Å². The van der Waals surface area contributed by atoms with E-state index < -0.39 is 11.2 Å². The largest absolute Gasteiger partial charge is 0.444 e. The highest BCUT2D eigenvalue weighted by molar-refractivity contribution is 7.09. The van der Waals surface area contributed by atoms with E-state index in [0.717, 1.165) is 10.7 Å². The van der Waals surface area contributed by atoms with Gasteiger partial charge in [0.25, 0.3) is 0 Å². The summed E-state index contributed by atoms with van der Waals surface area (Å²) < 4.78 is 5.40. The third kappa shape index (κ3) is 5.18. The Balaban J connectivity index is 1.92. The molecule has 2 rings (SSSR count).